The summed E-state index contributed by atoms with van der Waals surface area (Å²) in [7, 11) is 0. The number of nitrogens with one attached hydrogen (secondary N) is 2. The molecule has 1 saturated heterocycles. The molecule has 1 aliphatic heterocycles. The molecule has 2 unspecified atom stereocenters. The Morgan fingerprint density at radius 1 is 1.26 bits per heavy atom. The predicted molar refractivity (Wildman–Crippen MR) is 73.2 cm³/mol. The monoisotopic (exact) mass is 268 g/mol. The SMILES string of the molecule is CC(Cc1c(F)cccc1F)NC1CCCNCC1. The van der Waals surface area contributed by atoms with Crippen LogP contribution in [0.4, 0.5) is 8.78 Å². The van der Waals surface area contributed by atoms with Crippen molar-refractivity contribution in [1.82, 2.24) is 10.6 Å². The Morgan fingerprint density at radius 3 is 2.74 bits per heavy atom. The van der Waals surface area contributed by atoms with Gasteiger partial charge >= 0.3 is 0 Å². The highest BCUT2D eigenvalue weighted by Gasteiger charge is 2.17. The van der Waals surface area contributed by atoms with Crippen molar-refractivity contribution in [1.29, 1.82) is 0 Å². The molecular formula is C15H22F2N2. The second kappa shape index (κ2) is 6.96. The number of hydrogen-bond donors (Lipinski definition) is 2. The Kier molecular flexibility index (Phi) is 5.28. The zero-order chi connectivity index (χ0) is 13.7. The molecule has 1 heterocycles. The molecule has 1 aliphatic rings. The second-order valence-corrected chi connectivity index (χ2v) is 5.35. The summed E-state index contributed by atoms with van der Waals surface area (Å²) in [5.41, 5.74) is 0.189. The molecule has 106 valence electrons. The topological polar surface area (TPSA) is 24.1 Å². The molecule has 4 heteroatoms. The van der Waals surface area contributed by atoms with Crippen LogP contribution in [0, 0.1) is 11.6 Å². The summed E-state index contributed by atoms with van der Waals surface area (Å²) in [6.45, 7) is 4.07. The number of hydrogen-bond acceptors (Lipinski definition) is 2. The van der Waals surface area contributed by atoms with Crippen molar-refractivity contribution >= 4 is 0 Å². The van der Waals surface area contributed by atoms with Crippen molar-refractivity contribution in [2.75, 3.05) is 13.1 Å². The van der Waals surface area contributed by atoms with E-state index in [1.54, 1.807) is 0 Å². The molecule has 2 rings (SSSR count). The van der Waals surface area contributed by atoms with E-state index in [1.165, 1.54) is 18.2 Å². The first kappa shape index (κ1) is 14.4. The highest BCUT2D eigenvalue weighted by molar-refractivity contribution is 5.20. The highest BCUT2D eigenvalue weighted by Crippen LogP contribution is 2.15. The van der Waals surface area contributed by atoms with Gasteiger partial charge in [-0.1, -0.05) is 6.07 Å². The molecule has 0 aliphatic carbocycles. The molecule has 0 bridgehead atoms. The maximum Gasteiger partial charge on any atom is 0.129 e. The zero-order valence-electron chi connectivity index (χ0n) is 11.4. The summed E-state index contributed by atoms with van der Waals surface area (Å²) >= 11 is 0. The van der Waals surface area contributed by atoms with Crippen molar-refractivity contribution < 1.29 is 8.78 Å². The fraction of sp³-hybridized carbons (Fsp3) is 0.600. The molecule has 19 heavy (non-hydrogen) atoms. The Morgan fingerprint density at radius 2 is 2.00 bits per heavy atom. The van der Waals surface area contributed by atoms with Gasteiger partial charge in [-0.05, 0) is 57.8 Å². The van der Waals surface area contributed by atoms with E-state index in [0.29, 0.717) is 12.5 Å². The number of rotatable bonds is 4. The van der Waals surface area contributed by atoms with Crippen LogP contribution in [0.25, 0.3) is 0 Å². The minimum atomic E-state index is -0.448. The summed E-state index contributed by atoms with van der Waals surface area (Å²) in [4.78, 5) is 0. The van der Waals surface area contributed by atoms with E-state index in [0.717, 1.165) is 32.4 Å². The molecule has 1 fully saturated rings. The van der Waals surface area contributed by atoms with Gasteiger partial charge in [-0.15, -0.1) is 0 Å². The van der Waals surface area contributed by atoms with Crippen LogP contribution in [0.3, 0.4) is 0 Å². The van der Waals surface area contributed by atoms with E-state index < -0.39 is 11.6 Å². The van der Waals surface area contributed by atoms with E-state index in [4.69, 9.17) is 0 Å². The Labute approximate surface area is 113 Å². The van der Waals surface area contributed by atoms with Crippen LogP contribution < -0.4 is 10.6 Å². The van der Waals surface area contributed by atoms with Gasteiger partial charge in [0.2, 0.25) is 0 Å². The lowest BCUT2D eigenvalue weighted by atomic mass is 10.0. The number of benzene rings is 1. The van der Waals surface area contributed by atoms with Gasteiger partial charge < -0.3 is 10.6 Å². The van der Waals surface area contributed by atoms with E-state index in [1.807, 2.05) is 6.92 Å². The lowest BCUT2D eigenvalue weighted by molar-refractivity contribution is 0.404. The van der Waals surface area contributed by atoms with Gasteiger partial charge in [0.05, 0.1) is 0 Å². The molecule has 1 aromatic carbocycles. The molecule has 1 aromatic rings. The maximum absolute atomic E-state index is 13.6. The molecule has 0 spiro atoms. The summed E-state index contributed by atoms with van der Waals surface area (Å²) < 4.78 is 27.2. The van der Waals surface area contributed by atoms with Crippen LogP contribution in [0.15, 0.2) is 18.2 Å². The van der Waals surface area contributed by atoms with Crippen LogP contribution in [-0.4, -0.2) is 25.2 Å². The number of halogens is 2. The molecular weight excluding hydrogens is 246 g/mol. The van der Waals surface area contributed by atoms with Crippen molar-refractivity contribution in [2.24, 2.45) is 0 Å². The van der Waals surface area contributed by atoms with Crippen molar-refractivity contribution in [2.45, 2.75) is 44.7 Å². The van der Waals surface area contributed by atoms with Gasteiger partial charge in [0, 0.05) is 17.6 Å². The molecule has 2 N–H and O–H groups in total. The zero-order valence-corrected chi connectivity index (χ0v) is 11.4. The van der Waals surface area contributed by atoms with Gasteiger partial charge in [-0.3, -0.25) is 0 Å². The van der Waals surface area contributed by atoms with Gasteiger partial charge in [-0.2, -0.15) is 0 Å². The summed E-state index contributed by atoms with van der Waals surface area (Å²) in [6.07, 6.45) is 3.74. The highest BCUT2D eigenvalue weighted by atomic mass is 19.1. The molecule has 0 saturated carbocycles. The van der Waals surface area contributed by atoms with Crippen LogP contribution in [0.2, 0.25) is 0 Å². The van der Waals surface area contributed by atoms with E-state index in [9.17, 15) is 8.78 Å². The van der Waals surface area contributed by atoms with E-state index in [-0.39, 0.29) is 11.6 Å². The first-order valence-electron chi connectivity index (χ1n) is 7.06. The first-order chi connectivity index (χ1) is 9.16. The third-order valence-electron chi connectivity index (χ3n) is 3.67. The van der Waals surface area contributed by atoms with Crippen molar-refractivity contribution in [3.63, 3.8) is 0 Å². The average molecular weight is 268 g/mol. The molecule has 2 nitrogen and oxygen atoms in total. The average Bonchev–Trinajstić information content (AvgIpc) is 2.63. The summed E-state index contributed by atoms with van der Waals surface area (Å²) in [5, 5.41) is 6.85. The summed E-state index contributed by atoms with van der Waals surface area (Å²) in [6, 6.07) is 4.57. The quantitative estimate of drug-likeness (QED) is 0.877. The largest absolute Gasteiger partial charge is 0.317 e. The third kappa shape index (κ3) is 4.25. The summed E-state index contributed by atoms with van der Waals surface area (Å²) in [5.74, 6) is -0.896. The van der Waals surface area contributed by atoms with Crippen molar-refractivity contribution in [3.8, 4) is 0 Å². The third-order valence-corrected chi connectivity index (χ3v) is 3.67. The maximum atomic E-state index is 13.6. The molecule has 0 amide bonds. The first-order valence-corrected chi connectivity index (χ1v) is 7.06. The van der Waals surface area contributed by atoms with Crippen LogP contribution in [0.1, 0.15) is 31.7 Å². The van der Waals surface area contributed by atoms with E-state index in [2.05, 4.69) is 10.6 Å². The van der Waals surface area contributed by atoms with Crippen LogP contribution >= 0.6 is 0 Å². The lowest BCUT2D eigenvalue weighted by Crippen LogP contribution is -2.38. The van der Waals surface area contributed by atoms with Gasteiger partial charge in [0.25, 0.3) is 0 Å². The van der Waals surface area contributed by atoms with Crippen LogP contribution in [-0.2, 0) is 6.42 Å². The standard InChI is InChI=1S/C15H22F2N2/c1-11(19-12-4-3-8-18-9-7-12)10-13-14(16)5-2-6-15(13)17/h2,5-6,11-12,18-19H,3-4,7-10H2,1H3. The minimum absolute atomic E-state index is 0.0782. The lowest BCUT2D eigenvalue weighted by Gasteiger charge is -2.22. The fourth-order valence-corrected chi connectivity index (χ4v) is 2.68. The van der Waals surface area contributed by atoms with Crippen LogP contribution in [0.5, 0.6) is 0 Å². The smallest absolute Gasteiger partial charge is 0.129 e. The van der Waals surface area contributed by atoms with E-state index >= 15 is 0 Å². The molecule has 2 atom stereocenters. The minimum Gasteiger partial charge on any atom is -0.317 e. The molecule has 0 aromatic heterocycles. The van der Waals surface area contributed by atoms with Gasteiger partial charge in [0.15, 0.2) is 0 Å². The predicted octanol–water partition coefficient (Wildman–Crippen LogP) is 2.63. The Balaban J connectivity index is 1.91. The Hall–Kier alpha value is -1.00. The van der Waals surface area contributed by atoms with Gasteiger partial charge in [0.1, 0.15) is 11.6 Å². The fourth-order valence-electron chi connectivity index (χ4n) is 2.68. The Bertz CT molecular complexity index is 381. The van der Waals surface area contributed by atoms with Gasteiger partial charge in [-0.25, -0.2) is 8.78 Å². The second-order valence-electron chi connectivity index (χ2n) is 5.35. The molecule has 0 radical (unpaired) electrons. The van der Waals surface area contributed by atoms with Crippen molar-refractivity contribution in [3.05, 3.63) is 35.4 Å². The normalized spacial score (nSPS) is 21.9.